The second-order valence-corrected chi connectivity index (χ2v) is 5.53. The van der Waals surface area contributed by atoms with E-state index in [-0.39, 0.29) is 5.41 Å². The fourth-order valence-electron chi connectivity index (χ4n) is 3.78. The zero-order chi connectivity index (χ0) is 10.9. The molecule has 86 valence electrons. The Labute approximate surface area is 91.0 Å². The van der Waals surface area contributed by atoms with E-state index < -0.39 is 5.97 Å². The van der Waals surface area contributed by atoms with E-state index in [0.29, 0.717) is 6.42 Å². The SMILES string of the molecule is [NH3+]CC1(CC(=O)O)C[C@H]2CCCC[C@@H]2C1. The van der Waals surface area contributed by atoms with Crippen LogP contribution in [-0.2, 0) is 4.79 Å². The van der Waals surface area contributed by atoms with Crippen LogP contribution in [0.2, 0.25) is 0 Å². The lowest BCUT2D eigenvalue weighted by atomic mass is 9.81. The molecule has 0 aromatic carbocycles. The first-order valence-electron chi connectivity index (χ1n) is 6.16. The maximum atomic E-state index is 10.9. The van der Waals surface area contributed by atoms with Crippen molar-refractivity contribution in [3.05, 3.63) is 0 Å². The molecule has 2 fully saturated rings. The van der Waals surface area contributed by atoms with Crippen molar-refractivity contribution in [3.8, 4) is 0 Å². The van der Waals surface area contributed by atoms with E-state index in [1.165, 1.54) is 25.7 Å². The Kier molecular flexibility index (Phi) is 3.01. The molecule has 0 radical (unpaired) electrons. The van der Waals surface area contributed by atoms with Crippen molar-refractivity contribution in [2.45, 2.75) is 44.9 Å². The first-order chi connectivity index (χ1) is 7.15. The standard InChI is InChI=1S/C12H21NO2/c13-8-12(7-11(14)15)5-9-3-1-2-4-10(9)6-12/h9-10H,1-8,13H2,(H,14,15)/p+1/t9-,10-/m1/s1. The molecule has 4 N–H and O–H groups in total. The summed E-state index contributed by atoms with van der Waals surface area (Å²) in [6.07, 6.45) is 7.92. The molecular formula is C12H22NO2+. The number of quaternary nitrogens is 1. The van der Waals surface area contributed by atoms with Crippen molar-refractivity contribution < 1.29 is 15.6 Å². The molecule has 2 rings (SSSR count). The van der Waals surface area contributed by atoms with Gasteiger partial charge in [-0.1, -0.05) is 25.7 Å². The molecule has 0 aromatic heterocycles. The Morgan fingerprint density at radius 1 is 1.27 bits per heavy atom. The molecule has 2 aliphatic carbocycles. The smallest absolute Gasteiger partial charge is 0.304 e. The minimum atomic E-state index is -0.641. The molecular weight excluding hydrogens is 190 g/mol. The Morgan fingerprint density at radius 3 is 2.20 bits per heavy atom. The van der Waals surface area contributed by atoms with Crippen LogP contribution in [0.15, 0.2) is 0 Å². The maximum Gasteiger partial charge on any atom is 0.304 e. The summed E-state index contributed by atoms with van der Waals surface area (Å²) in [5, 5.41) is 8.98. The molecule has 0 unspecified atom stereocenters. The van der Waals surface area contributed by atoms with E-state index in [0.717, 1.165) is 31.2 Å². The quantitative estimate of drug-likeness (QED) is 0.740. The highest BCUT2D eigenvalue weighted by molar-refractivity contribution is 5.67. The van der Waals surface area contributed by atoms with Crippen LogP contribution < -0.4 is 5.73 Å². The zero-order valence-corrected chi connectivity index (χ0v) is 9.37. The van der Waals surface area contributed by atoms with Gasteiger partial charge in [0, 0.05) is 5.41 Å². The predicted octanol–water partition coefficient (Wildman–Crippen LogP) is 1.29. The van der Waals surface area contributed by atoms with E-state index in [2.05, 4.69) is 5.73 Å². The number of hydrogen-bond donors (Lipinski definition) is 2. The van der Waals surface area contributed by atoms with Crippen molar-refractivity contribution in [2.24, 2.45) is 17.3 Å². The topological polar surface area (TPSA) is 64.9 Å². The Hall–Kier alpha value is -0.570. The fourth-order valence-corrected chi connectivity index (χ4v) is 3.78. The minimum Gasteiger partial charge on any atom is -0.481 e. The van der Waals surface area contributed by atoms with Crippen molar-refractivity contribution >= 4 is 5.97 Å². The number of carboxylic acid groups (broad SMARTS) is 1. The highest BCUT2D eigenvalue weighted by Crippen LogP contribution is 2.52. The van der Waals surface area contributed by atoms with Gasteiger partial charge >= 0.3 is 5.97 Å². The van der Waals surface area contributed by atoms with Crippen LogP contribution in [0, 0.1) is 17.3 Å². The highest BCUT2D eigenvalue weighted by Gasteiger charge is 2.47. The Balaban J connectivity index is 2.05. The first-order valence-corrected chi connectivity index (χ1v) is 6.16. The lowest BCUT2D eigenvalue weighted by Gasteiger charge is -2.24. The second kappa shape index (κ2) is 4.12. The number of carbonyl (C=O) groups is 1. The van der Waals surface area contributed by atoms with Crippen LogP contribution in [0.25, 0.3) is 0 Å². The average molecular weight is 212 g/mol. The van der Waals surface area contributed by atoms with E-state index >= 15 is 0 Å². The number of carboxylic acids is 1. The van der Waals surface area contributed by atoms with Gasteiger partial charge < -0.3 is 10.8 Å². The summed E-state index contributed by atoms with van der Waals surface area (Å²) >= 11 is 0. The zero-order valence-electron chi connectivity index (χ0n) is 9.37. The lowest BCUT2D eigenvalue weighted by Crippen LogP contribution is -2.58. The highest BCUT2D eigenvalue weighted by atomic mass is 16.4. The van der Waals surface area contributed by atoms with Crippen molar-refractivity contribution in [3.63, 3.8) is 0 Å². The normalized spacial score (nSPS) is 33.7. The van der Waals surface area contributed by atoms with Gasteiger partial charge in [-0.05, 0) is 24.7 Å². The third-order valence-electron chi connectivity index (χ3n) is 4.51. The maximum absolute atomic E-state index is 10.9. The molecule has 0 amide bonds. The predicted molar refractivity (Wildman–Crippen MR) is 57.1 cm³/mol. The molecule has 0 saturated heterocycles. The molecule has 2 saturated carbocycles. The number of fused-ring (bicyclic) bond motifs is 1. The molecule has 3 heteroatoms. The number of rotatable bonds is 3. The summed E-state index contributed by atoms with van der Waals surface area (Å²) in [6.45, 7) is 0.798. The van der Waals surface area contributed by atoms with Crippen LogP contribution in [-0.4, -0.2) is 17.6 Å². The van der Waals surface area contributed by atoms with Crippen LogP contribution >= 0.6 is 0 Å². The van der Waals surface area contributed by atoms with E-state index in [1.54, 1.807) is 0 Å². The number of aliphatic carboxylic acids is 1. The molecule has 3 nitrogen and oxygen atoms in total. The van der Waals surface area contributed by atoms with E-state index in [4.69, 9.17) is 5.11 Å². The lowest BCUT2D eigenvalue weighted by molar-refractivity contribution is -0.392. The summed E-state index contributed by atoms with van der Waals surface area (Å²) in [5.41, 5.74) is 4.02. The van der Waals surface area contributed by atoms with Crippen molar-refractivity contribution in [2.75, 3.05) is 6.54 Å². The third-order valence-corrected chi connectivity index (χ3v) is 4.51. The molecule has 0 heterocycles. The van der Waals surface area contributed by atoms with Gasteiger partial charge in [-0.2, -0.15) is 0 Å². The van der Waals surface area contributed by atoms with Crippen molar-refractivity contribution in [1.29, 1.82) is 0 Å². The summed E-state index contributed by atoms with van der Waals surface area (Å²) < 4.78 is 0. The van der Waals surface area contributed by atoms with Gasteiger partial charge in [0.2, 0.25) is 0 Å². The van der Waals surface area contributed by atoms with Gasteiger partial charge in [-0.15, -0.1) is 0 Å². The van der Waals surface area contributed by atoms with Gasteiger partial charge in [0.25, 0.3) is 0 Å². The molecule has 2 atom stereocenters. The summed E-state index contributed by atoms with van der Waals surface area (Å²) in [6, 6.07) is 0. The summed E-state index contributed by atoms with van der Waals surface area (Å²) in [5.74, 6) is 0.969. The monoisotopic (exact) mass is 212 g/mol. The summed E-state index contributed by atoms with van der Waals surface area (Å²) in [4.78, 5) is 10.9. The van der Waals surface area contributed by atoms with E-state index in [9.17, 15) is 4.79 Å². The molecule has 0 aliphatic heterocycles. The van der Waals surface area contributed by atoms with Gasteiger partial charge in [-0.3, -0.25) is 4.79 Å². The van der Waals surface area contributed by atoms with Gasteiger partial charge in [0.05, 0.1) is 13.0 Å². The molecule has 0 aromatic rings. The van der Waals surface area contributed by atoms with Crippen LogP contribution in [0.1, 0.15) is 44.9 Å². The second-order valence-electron chi connectivity index (χ2n) is 5.53. The van der Waals surface area contributed by atoms with Crippen LogP contribution in [0.3, 0.4) is 0 Å². The Bertz CT molecular complexity index is 238. The summed E-state index contributed by atoms with van der Waals surface area (Å²) in [7, 11) is 0. The van der Waals surface area contributed by atoms with Gasteiger partial charge in [-0.25, -0.2) is 0 Å². The fraction of sp³-hybridized carbons (Fsp3) is 0.917. The van der Waals surface area contributed by atoms with Crippen molar-refractivity contribution in [1.82, 2.24) is 0 Å². The average Bonchev–Trinajstić information content (AvgIpc) is 2.55. The van der Waals surface area contributed by atoms with Crippen LogP contribution in [0.4, 0.5) is 0 Å². The van der Waals surface area contributed by atoms with Crippen LogP contribution in [0.5, 0.6) is 0 Å². The minimum absolute atomic E-state index is 0.0332. The van der Waals surface area contributed by atoms with E-state index in [1.807, 2.05) is 0 Å². The van der Waals surface area contributed by atoms with Gasteiger partial charge in [0.15, 0.2) is 0 Å². The molecule has 15 heavy (non-hydrogen) atoms. The van der Waals surface area contributed by atoms with Gasteiger partial charge in [0.1, 0.15) is 0 Å². The first kappa shape index (κ1) is 10.9. The third kappa shape index (κ3) is 2.17. The molecule has 0 spiro atoms. The largest absolute Gasteiger partial charge is 0.481 e. The molecule has 0 bridgehead atoms. The number of hydrogen-bond acceptors (Lipinski definition) is 1. The Morgan fingerprint density at radius 2 is 1.80 bits per heavy atom. The molecule has 2 aliphatic rings.